The van der Waals surface area contributed by atoms with Crippen molar-refractivity contribution < 1.29 is 9.72 Å². The Morgan fingerprint density at radius 3 is 2.62 bits per heavy atom. The fourth-order valence-corrected chi connectivity index (χ4v) is 2.10. The first kappa shape index (κ1) is 13.0. The molecule has 1 rings (SSSR count). The van der Waals surface area contributed by atoms with Gasteiger partial charge in [-0.2, -0.15) is 0 Å². The van der Waals surface area contributed by atoms with Crippen molar-refractivity contribution in [3.8, 4) is 0 Å². The number of Topliss-reactive ketones (excluding diaryl/α,β-unsaturated/α-hetero) is 1. The molecule has 0 N–H and O–H groups in total. The lowest BCUT2D eigenvalue weighted by atomic mass is 10.1. The number of thioether (sulfide) groups is 1. The standard InChI is InChI=1S/C10H10ClNO3S/c1-6(13)9(11)7-4-3-5-8(16-2)10(7)12(14)15/h3-5,9H,1-2H3. The number of carbonyl (C=O) groups excluding carboxylic acids is 1. The van der Waals surface area contributed by atoms with Crippen LogP contribution in [0.4, 0.5) is 5.69 Å². The topological polar surface area (TPSA) is 60.2 Å². The molecular formula is C10H10ClNO3S. The number of hydrogen-bond acceptors (Lipinski definition) is 4. The first-order chi connectivity index (χ1) is 7.49. The molecule has 0 spiro atoms. The highest BCUT2D eigenvalue weighted by atomic mass is 35.5. The van der Waals surface area contributed by atoms with E-state index in [1.54, 1.807) is 18.4 Å². The Balaban J connectivity index is 3.38. The van der Waals surface area contributed by atoms with Crippen LogP contribution >= 0.6 is 23.4 Å². The van der Waals surface area contributed by atoms with E-state index in [1.807, 2.05) is 0 Å². The van der Waals surface area contributed by atoms with Crippen LogP contribution in [-0.4, -0.2) is 17.0 Å². The molecule has 86 valence electrons. The van der Waals surface area contributed by atoms with E-state index < -0.39 is 10.3 Å². The summed E-state index contributed by atoms with van der Waals surface area (Å²) >= 11 is 7.11. The van der Waals surface area contributed by atoms with E-state index in [1.165, 1.54) is 24.8 Å². The van der Waals surface area contributed by atoms with E-state index in [4.69, 9.17) is 11.6 Å². The van der Waals surface area contributed by atoms with Crippen LogP contribution in [0.1, 0.15) is 17.9 Å². The zero-order valence-electron chi connectivity index (χ0n) is 8.77. The maximum atomic E-state index is 11.2. The fraction of sp³-hybridized carbons (Fsp3) is 0.300. The first-order valence-corrected chi connectivity index (χ1v) is 6.11. The normalized spacial score (nSPS) is 12.2. The van der Waals surface area contributed by atoms with Crippen LogP contribution in [0.5, 0.6) is 0 Å². The second kappa shape index (κ2) is 5.32. The molecule has 0 fully saturated rings. The smallest absolute Gasteiger partial charge is 0.287 e. The molecule has 0 heterocycles. The molecule has 1 atom stereocenters. The summed E-state index contributed by atoms with van der Waals surface area (Å²) in [7, 11) is 0. The quantitative estimate of drug-likeness (QED) is 0.361. The van der Waals surface area contributed by atoms with Gasteiger partial charge in [-0.05, 0) is 19.2 Å². The van der Waals surface area contributed by atoms with Gasteiger partial charge in [0.05, 0.1) is 15.4 Å². The maximum absolute atomic E-state index is 11.2. The van der Waals surface area contributed by atoms with Crippen molar-refractivity contribution in [2.24, 2.45) is 0 Å². The predicted molar refractivity (Wildman–Crippen MR) is 64.2 cm³/mol. The number of hydrogen-bond donors (Lipinski definition) is 0. The third-order valence-electron chi connectivity index (χ3n) is 2.06. The lowest BCUT2D eigenvalue weighted by Crippen LogP contribution is -2.06. The summed E-state index contributed by atoms with van der Waals surface area (Å²) in [6, 6.07) is 4.81. The van der Waals surface area contributed by atoms with Crippen LogP contribution < -0.4 is 0 Å². The zero-order valence-corrected chi connectivity index (χ0v) is 10.3. The van der Waals surface area contributed by atoms with E-state index in [0.717, 1.165) is 0 Å². The molecule has 4 nitrogen and oxygen atoms in total. The Hall–Kier alpha value is -1.07. The molecule has 1 aromatic rings. The van der Waals surface area contributed by atoms with Crippen LogP contribution in [0, 0.1) is 10.1 Å². The van der Waals surface area contributed by atoms with Crippen molar-refractivity contribution in [3.05, 3.63) is 33.9 Å². The van der Waals surface area contributed by atoms with E-state index >= 15 is 0 Å². The Morgan fingerprint density at radius 1 is 1.56 bits per heavy atom. The molecular weight excluding hydrogens is 250 g/mol. The van der Waals surface area contributed by atoms with Gasteiger partial charge in [-0.25, -0.2) is 0 Å². The van der Waals surface area contributed by atoms with Gasteiger partial charge in [-0.15, -0.1) is 23.4 Å². The van der Waals surface area contributed by atoms with E-state index in [2.05, 4.69) is 0 Å². The molecule has 0 aliphatic heterocycles. The van der Waals surface area contributed by atoms with E-state index in [9.17, 15) is 14.9 Å². The van der Waals surface area contributed by atoms with Gasteiger partial charge < -0.3 is 0 Å². The average molecular weight is 260 g/mol. The van der Waals surface area contributed by atoms with Crippen LogP contribution in [0.2, 0.25) is 0 Å². The molecule has 0 aliphatic rings. The minimum atomic E-state index is -0.965. The Kier molecular flexibility index (Phi) is 4.32. The Labute approximate surface area is 102 Å². The van der Waals surface area contributed by atoms with Crippen LogP contribution in [-0.2, 0) is 4.79 Å². The molecule has 0 saturated heterocycles. The predicted octanol–water partition coefficient (Wildman–Crippen LogP) is 3.19. The van der Waals surface area contributed by atoms with Gasteiger partial charge in [0.25, 0.3) is 5.69 Å². The van der Waals surface area contributed by atoms with Gasteiger partial charge in [0, 0.05) is 0 Å². The summed E-state index contributed by atoms with van der Waals surface area (Å²) in [5.41, 5.74) is 0.177. The second-order valence-corrected chi connectivity index (χ2v) is 4.41. The Morgan fingerprint density at radius 2 is 2.19 bits per heavy atom. The molecule has 0 aliphatic carbocycles. The minimum Gasteiger partial charge on any atom is -0.298 e. The highest BCUT2D eigenvalue weighted by Gasteiger charge is 2.26. The molecule has 0 amide bonds. The largest absolute Gasteiger partial charge is 0.298 e. The van der Waals surface area contributed by atoms with E-state index in [0.29, 0.717) is 4.90 Å². The van der Waals surface area contributed by atoms with Crippen molar-refractivity contribution in [1.82, 2.24) is 0 Å². The number of alkyl halides is 1. The first-order valence-electron chi connectivity index (χ1n) is 4.44. The van der Waals surface area contributed by atoms with Gasteiger partial charge >= 0.3 is 0 Å². The van der Waals surface area contributed by atoms with Crippen molar-refractivity contribution in [2.45, 2.75) is 17.2 Å². The van der Waals surface area contributed by atoms with Crippen molar-refractivity contribution in [3.63, 3.8) is 0 Å². The fourth-order valence-electron chi connectivity index (χ4n) is 1.32. The number of nitro benzene ring substituents is 1. The van der Waals surface area contributed by atoms with Crippen molar-refractivity contribution in [1.29, 1.82) is 0 Å². The number of rotatable bonds is 4. The molecule has 1 unspecified atom stereocenters. The van der Waals surface area contributed by atoms with Gasteiger partial charge in [-0.3, -0.25) is 14.9 Å². The number of benzene rings is 1. The van der Waals surface area contributed by atoms with Gasteiger partial charge in [0.1, 0.15) is 5.38 Å². The zero-order chi connectivity index (χ0) is 12.3. The third-order valence-corrected chi connectivity index (χ3v) is 3.37. The molecule has 6 heteroatoms. The molecule has 0 bridgehead atoms. The molecule has 0 radical (unpaired) electrons. The van der Waals surface area contributed by atoms with Gasteiger partial charge in [0.2, 0.25) is 0 Å². The van der Waals surface area contributed by atoms with Gasteiger partial charge in [0.15, 0.2) is 5.78 Å². The molecule has 0 saturated carbocycles. The Bertz CT molecular complexity index is 436. The summed E-state index contributed by atoms with van der Waals surface area (Å²) in [5, 5.41) is 9.99. The second-order valence-electron chi connectivity index (χ2n) is 3.13. The summed E-state index contributed by atoms with van der Waals surface area (Å²) in [5.74, 6) is -0.303. The summed E-state index contributed by atoms with van der Waals surface area (Å²) in [6.45, 7) is 1.31. The maximum Gasteiger partial charge on any atom is 0.287 e. The number of ketones is 1. The molecule has 0 aromatic heterocycles. The average Bonchev–Trinajstić information content (AvgIpc) is 2.26. The number of nitrogens with zero attached hydrogens (tertiary/aromatic N) is 1. The SMILES string of the molecule is CSc1cccc(C(Cl)C(C)=O)c1[N+](=O)[O-]. The minimum absolute atomic E-state index is 0.0785. The van der Waals surface area contributed by atoms with Crippen LogP contribution in [0.15, 0.2) is 23.1 Å². The third kappa shape index (κ3) is 2.54. The lowest BCUT2D eigenvalue weighted by Gasteiger charge is -2.08. The highest BCUT2D eigenvalue weighted by molar-refractivity contribution is 7.98. The van der Waals surface area contributed by atoms with Crippen LogP contribution in [0.25, 0.3) is 0 Å². The molecule has 1 aromatic carbocycles. The number of carbonyl (C=O) groups is 1. The number of halogens is 1. The highest BCUT2D eigenvalue weighted by Crippen LogP contribution is 2.36. The van der Waals surface area contributed by atoms with Crippen molar-refractivity contribution in [2.75, 3.05) is 6.26 Å². The molecule has 16 heavy (non-hydrogen) atoms. The lowest BCUT2D eigenvalue weighted by molar-refractivity contribution is -0.388. The summed E-state index contributed by atoms with van der Waals surface area (Å²) < 4.78 is 0. The van der Waals surface area contributed by atoms with E-state index in [-0.39, 0.29) is 17.0 Å². The number of para-hydroxylation sites is 1. The van der Waals surface area contributed by atoms with Crippen molar-refractivity contribution >= 4 is 34.8 Å². The van der Waals surface area contributed by atoms with Gasteiger partial charge in [-0.1, -0.05) is 12.1 Å². The monoisotopic (exact) mass is 259 g/mol. The number of nitro groups is 1. The summed E-state index contributed by atoms with van der Waals surface area (Å²) in [6.07, 6.45) is 1.74. The van der Waals surface area contributed by atoms with Crippen LogP contribution in [0.3, 0.4) is 0 Å². The summed E-state index contributed by atoms with van der Waals surface area (Å²) in [4.78, 5) is 22.1.